The normalized spacial score (nSPS) is 15.5. The molecule has 1 fully saturated rings. The number of hydrogen-bond acceptors (Lipinski definition) is 4. The largest absolute Gasteiger partial charge is 0.346 e. The van der Waals surface area contributed by atoms with Gasteiger partial charge in [0.05, 0.1) is 0 Å². The zero-order valence-corrected chi connectivity index (χ0v) is 14.4. The fourth-order valence-corrected chi connectivity index (χ4v) is 3.59. The van der Waals surface area contributed by atoms with Crippen molar-refractivity contribution in [1.29, 1.82) is 0 Å². The molecule has 0 N–H and O–H groups in total. The van der Waals surface area contributed by atoms with Crippen LogP contribution in [0, 0.1) is 6.92 Å². The molecule has 122 valence electrons. The lowest BCUT2D eigenvalue weighted by Crippen LogP contribution is -2.35. The summed E-state index contributed by atoms with van der Waals surface area (Å²) in [4.78, 5) is 21.2. The average molecular weight is 329 g/mol. The number of aryl methyl sites for hydroxylation is 2. The van der Waals surface area contributed by atoms with Gasteiger partial charge in [0, 0.05) is 44.2 Å². The summed E-state index contributed by atoms with van der Waals surface area (Å²) in [5, 5.41) is 3.07. The number of anilines is 1. The Morgan fingerprint density at radius 1 is 1.17 bits per heavy atom. The smallest absolute Gasteiger partial charge is 0.222 e. The molecule has 23 heavy (non-hydrogen) atoms. The molecule has 1 saturated heterocycles. The maximum absolute atomic E-state index is 12.5. The molecule has 0 bridgehead atoms. The number of rotatable bonds is 4. The van der Waals surface area contributed by atoms with Crippen molar-refractivity contribution in [2.45, 2.75) is 26.2 Å². The number of aromatic nitrogens is 1. The molecule has 1 aromatic carbocycles. The summed E-state index contributed by atoms with van der Waals surface area (Å²) in [6.45, 7) is 5.60. The fraction of sp³-hybridized carbons (Fsp3) is 0.444. The van der Waals surface area contributed by atoms with Crippen molar-refractivity contribution < 1.29 is 4.79 Å². The van der Waals surface area contributed by atoms with Gasteiger partial charge in [0.1, 0.15) is 0 Å². The van der Waals surface area contributed by atoms with Gasteiger partial charge in [0.15, 0.2) is 5.13 Å². The van der Waals surface area contributed by atoms with Crippen LogP contribution in [0.3, 0.4) is 0 Å². The van der Waals surface area contributed by atoms with Crippen LogP contribution in [0.5, 0.6) is 0 Å². The second-order valence-corrected chi connectivity index (χ2v) is 6.89. The first-order chi connectivity index (χ1) is 11.2. The molecule has 3 rings (SSSR count). The van der Waals surface area contributed by atoms with Gasteiger partial charge in [-0.3, -0.25) is 4.79 Å². The molecule has 2 heterocycles. The molecule has 0 spiro atoms. The quantitative estimate of drug-likeness (QED) is 0.865. The van der Waals surface area contributed by atoms with Crippen molar-refractivity contribution in [1.82, 2.24) is 9.88 Å². The standard InChI is InChI=1S/C18H23N3OS/c1-15-3-5-16(6-4-15)7-8-17(22)20-10-2-11-21(13-12-20)18-19-9-14-23-18/h3-6,9,14H,2,7-8,10-13H2,1H3. The zero-order valence-electron chi connectivity index (χ0n) is 13.6. The van der Waals surface area contributed by atoms with Crippen LogP contribution in [-0.4, -0.2) is 42.0 Å². The summed E-state index contributed by atoms with van der Waals surface area (Å²) in [5.41, 5.74) is 2.50. The minimum absolute atomic E-state index is 0.270. The van der Waals surface area contributed by atoms with E-state index in [9.17, 15) is 4.79 Å². The molecule has 1 amide bonds. The molecule has 1 aliphatic rings. The van der Waals surface area contributed by atoms with Gasteiger partial charge in [-0.2, -0.15) is 0 Å². The van der Waals surface area contributed by atoms with Gasteiger partial charge in [-0.25, -0.2) is 4.98 Å². The maximum atomic E-state index is 12.5. The Morgan fingerprint density at radius 3 is 2.74 bits per heavy atom. The first-order valence-corrected chi connectivity index (χ1v) is 9.08. The third-order valence-corrected chi connectivity index (χ3v) is 5.12. The van der Waals surface area contributed by atoms with Crippen molar-refractivity contribution in [3.05, 3.63) is 47.0 Å². The van der Waals surface area contributed by atoms with E-state index in [0.717, 1.165) is 44.2 Å². The lowest BCUT2D eigenvalue weighted by atomic mass is 10.1. The van der Waals surface area contributed by atoms with Crippen LogP contribution in [0.15, 0.2) is 35.8 Å². The van der Waals surface area contributed by atoms with Crippen LogP contribution in [0.2, 0.25) is 0 Å². The van der Waals surface area contributed by atoms with Crippen LogP contribution in [0.1, 0.15) is 24.0 Å². The van der Waals surface area contributed by atoms with Crippen LogP contribution >= 0.6 is 11.3 Å². The van der Waals surface area contributed by atoms with Crippen LogP contribution in [0.4, 0.5) is 5.13 Å². The predicted octanol–water partition coefficient (Wildman–Crippen LogP) is 3.12. The Morgan fingerprint density at radius 2 is 2.00 bits per heavy atom. The van der Waals surface area contributed by atoms with Crippen molar-refractivity contribution in [3.8, 4) is 0 Å². The molecule has 0 atom stereocenters. The predicted molar refractivity (Wildman–Crippen MR) is 95.0 cm³/mol. The average Bonchev–Trinajstić information content (AvgIpc) is 2.98. The van der Waals surface area contributed by atoms with Gasteiger partial charge < -0.3 is 9.80 Å². The van der Waals surface area contributed by atoms with Crippen molar-refractivity contribution in [2.75, 3.05) is 31.1 Å². The zero-order chi connectivity index (χ0) is 16.1. The summed E-state index contributed by atoms with van der Waals surface area (Å²) < 4.78 is 0. The summed E-state index contributed by atoms with van der Waals surface area (Å²) in [6.07, 6.45) is 4.28. The highest BCUT2D eigenvalue weighted by Gasteiger charge is 2.20. The van der Waals surface area contributed by atoms with Crippen LogP contribution in [-0.2, 0) is 11.2 Å². The molecule has 5 heteroatoms. The molecular formula is C18H23N3OS. The summed E-state index contributed by atoms with van der Waals surface area (Å²) in [6, 6.07) is 8.46. The fourth-order valence-electron chi connectivity index (χ4n) is 2.89. The van der Waals surface area contributed by atoms with Gasteiger partial charge in [-0.1, -0.05) is 29.8 Å². The highest BCUT2D eigenvalue weighted by Crippen LogP contribution is 2.19. The molecule has 0 radical (unpaired) electrons. The second kappa shape index (κ2) is 7.59. The van der Waals surface area contributed by atoms with E-state index in [0.29, 0.717) is 6.42 Å². The lowest BCUT2D eigenvalue weighted by molar-refractivity contribution is -0.130. The Bertz CT molecular complexity index is 624. The lowest BCUT2D eigenvalue weighted by Gasteiger charge is -2.21. The minimum atomic E-state index is 0.270. The SMILES string of the molecule is Cc1ccc(CCC(=O)N2CCCN(c3nccs3)CC2)cc1. The summed E-state index contributed by atoms with van der Waals surface area (Å²) in [5.74, 6) is 0.270. The van der Waals surface area contributed by atoms with E-state index >= 15 is 0 Å². The third kappa shape index (κ3) is 4.32. The van der Waals surface area contributed by atoms with E-state index < -0.39 is 0 Å². The third-order valence-electron chi connectivity index (χ3n) is 4.29. The van der Waals surface area contributed by atoms with Gasteiger partial charge in [-0.05, 0) is 25.3 Å². The van der Waals surface area contributed by atoms with Crippen molar-refractivity contribution in [2.24, 2.45) is 0 Å². The monoisotopic (exact) mass is 329 g/mol. The molecular weight excluding hydrogens is 306 g/mol. The molecule has 4 nitrogen and oxygen atoms in total. The van der Waals surface area contributed by atoms with Gasteiger partial charge in [0.25, 0.3) is 0 Å². The summed E-state index contributed by atoms with van der Waals surface area (Å²) in [7, 11) is 0. The molecule has 1 aromatic heterocycles. The Balaban J connectivity index is 1.50. The van der Waals surface area contributed by atoms with E-state index in [2.05, 4.69) is 41.1 Å². The Hall–Kier alpha value is -1.88. The van der Waals surface area contributed by atoms with E-state index in [1.807, 2.05) is 16.5 Å². The number of nitrogens with zero attached hydrogens (tertiary/aromatic N) is 3. The first kappa shape index (κ1) is 16.0. The van der Waals surface area contributed by atoms with E-state index in [4.69, 9.17) is 0 Å². The molecule has 0 saturated carbocycles. The number of thiazole rings is 1. The highest BCUT2D eigenvalue weighted by molar-refractivity contribution is 7.13. The molecule has 1 aliphatic heterocycles. The Labute approximate surface area is 141 Å². The number of hydrogen-bond donors (Lipinski definition) is 0. The summed E-state index contributed by atoms with van der Waals surface area (Å²) >= 11 is 1.67. The van der Waals surface area contributed by atoms with Crippen molar-refractivity contribution in [3.63, 3.8) is 0 Å². The van der Waals surface area contributed by atoms with Gasteiger partial charge >= 0.3 is 0 Å². The topological polar surface area (TPSA) is 36.4 Å². The molecule has 0 unspecified atom stereocenters. The maximum Gasteiger partial charge on any atom is 0.222 e. The van der Waals surface area contributed by atoms with Crippen molar-refractivity contribution >= 4 is 22.4 Å². The minimum Gasteiger partial charge on any atom is -0.346 e. The van der Waals surface area contributed by atoms with Crippen LogP contribution < -0.4 is 4.90 Å². The Kier molecular flexibility index (Phi) is 5.28. The van der Waals surface area contributed by atoms with E-state index in [1.54, 1.807) is 11.3 Å². The number of amides is 1. The number of benzene rings is 1. The first-order valence-electron chi connectivity index (χ1n) is 8.20. The number of carbonyl (C=O) groups excluding carboxylic acids is 1. The van der Waals surface area contributed by atoms with E-state index in [1.165, 1.54) is 11.1 Å². The molecule has 0 aliphatic carbocycles. The van der Waals surface area contributed by atoms with E-state index in [-0.39, 0.29) is 5.91 Å². The van der Waals surface area contributed by atoms with Crippen LogP contribution in [0.25, 0.3) is 0 Å². The highest BCUT2D eigenvalue weighted by atomic mass is 32.1. The molecule has 2 aromatic rings. The van der Waals surface area contributed by atoms with Gasteiger partial charge in [0.2, 0.25) is 5.91 Å². The second-order valence-electron chi connectivity index (χ2n) is 6.02. The van der Waals surface area contributed by atoms with Gasteiger partial charge in [-0.15, -0.1) is 11.3 Å². The number of carbonyl (C=O) groups is 1.